The number of likely N-dealkylation sites (tertiary alicyclic amines) is 1. The molecule has 1 aromatic heterocycles. The summed E-state index contributed by atoms with van der Waals surface area (Å²) in [6.07, 6.45) is 2.29. The second-order valence-corrected chi connectivity index (χ2v) is 6.28. The van der Waals surface area contributed by atoms with Gasteiger partial charge in [0.05, 0.1) is 9.35 Å². The van der Waals surface area contributed by atoms with Crippen molar-refractivity contribution in [1.29, 1.82) is 0 Å². The van der Waals surface area contributed by atoms with Crippen LogP contribution in [0, 0.1) is 0 Å². The van der Waals surface area contributed by atoms with Crippen molar-refractivity contribution in [2.24, 2.45) is 0 Å². The van der Waals surface area contributed by atoms with E-state index < -0.39 is 12.0 Å². The van der Waals surface area contributed by atoms with Crippen LogP contribution in [0.3, 0.4) is 0 Å². The van der Waals surface area contributed by atoms with E-state index in [9.17, 15) is 9.59 Å². The first-order valence-corrected chi connectivity index (χ1v) is 7.04. The lowest BCUT2D eigenvalue weighted by Gasteiger charge is -2.32. The van der Waals surface area contributed by atoms with Gasteiger partial charge in [0.2, 0.25) is 0 Å². The van der Waals surface area contributed by atoms with Gasteiger partial charge >= 0.3 is 5.97 Å². The van der Waals surface area contributed by atoms with Gasteiger partial charge in [-0.15, -0.1) is 11.3 Å². The minimum atomic E-state index is -0.910. The van der Waals surface area contributed by atoms with Crippen LogP contribution < -0.4 is 0 Å². The number of hydrogen-bond acceptors (Lipinski definition) is 3. The second kappa shape index (κ2) is 5.18. The van der Waals surface area contributed by atoms with Crippen LogP contribution in [0.25, 0.3) is 0 Å². The standard InChI is InChI=1S/C11H12BrNO3S/c12-9-5-7(6-17-9)10(14)13-4-2-1-3-8(13)11(15)16/h5-6,8H,1-4H2,(H,15,16)/t8-/m0/s1. The first kappa shape index (κ1) is 12.6. The molecule has 1 aliphatic heterocycles. The van der Waals surface area contributed by atoms with Gasteiger partial charge in [0, 0.05) is 11.9 Å². The molecule has 1 amide bonds. The Hall–Kier alpha value is -0.880. The fraction of sp³-hybridized carbons (Fsp3) is 0.455. The number of amides is 1. The highest BCUT2D eigenvalue weighted by Crippen LogP contribution is 2.25. The zero-order chi connectivity index (χ0) is 12.4. The van der Waals surface area contributed by atoms with E-state index in [1.54, 1.807) is 11.4 Å². The molecule has 0 aliphatic carbocycles. The summed E-state index contributed by atoms with van der Waals surface area (Å²) in [4.78, 5) is 24.8. The molecule has 0 unspecified atom stereocenters. The van der Waals surface area contributed by atoms with Gasteiger partial charge in [-0.1, -0.05) is 0 Å². The molecular weight excluding hydrogens is 306 g/mol. The van der Waals surface area contributed by atoms with Crippen LogP contribution in [0.5, 0.6) is 0 Å². The van der Waals surface area contributed by atoms with Crippen LogP contribution >= 0.6 is 27.3 Å². The third-order valence-electron chi connectivity index (χ3n) is 2.86. The van der Waals surface area contributed by atoms with Gasteiger partial charge in [0.1, 0.15) is 6.04 Å². The summed E-state index contributed by atoms with van der Waals surface area (Å²) in [5.74, 6) is -1.09. The SMILES string of the molecule is O=C(O)[C@@H]1CCCCN1C(=O)c1csc(Br)c1. The Morgan fingerprint density at radius 1 is 1.47 bits per heavy atom. The van der Waals surface area contributed by atoms with Gasteiger partial charge in [-0.25, -0.2) is 4.79 Å². The van der Waals surface area contributed by atoms with E-state index in [0.717, 1.165) is 16.6 Å². The van der Waals surface area contributed by atoms with Crippen molar-refractivity contribution in [1.82, 2.24) is 4.90 Å². The van der Waals surface area contributed by atoms with Gasteiger partial charge in [0.25, 0.3) is 5.91 Å². The van der Waals surface area contributed by atoms with Crippen molar-refractivity contribution >= 4 is 39.1 Å². The monoisotopic (exact) mass is 317 g/mol. The Morgan fingerprint density at radius 2 is 2.24 bits per heavy atom. The maximum Gasteiger partial charge on any atom is 0.326 e. The van der Waals surface area contributed by atoms with Crippen LogP contribution in [-0.4, -0.2) is 34.5 Å². The average Bonchev–Trinajstić information content (AvgIpc) is 2.75. The topological polar surface area (TPSA) is 57.6 Å². The Labute approximate surface area is 111 Å². The Morgan fingerprint density at radius 3 is 2.82 bits per heavy atom. The third kappa shape index (κ3) is 2.69. The first-order chi connectivity index (χ1) is 8.09. The molecule has 1 aliphatic rings. The van der Waals surface area contributed by atoms with Crippen molar-refractivity contribution in [3.05, 3.63) is 20.8 Å². The minimum Gasteiger partial charge on any atom is -0.480 e. The average molecular weight is 318 g/mol. The van der Waals surface area contributed by atoms with Crippen molar-refractivity contribution < 1.29 is 14.7 Å². The molecule has 4 nitrogen and oxygen atoms in total. The lowest BCUT2D eigenvalue weighted by atomic mass is 10.0. The summed E-state index contributed by atoms with van der Waals surface area (Å²) >= 11 is 4.73. The summed E-state index contributed by atoms with van der Waals surface area (Å²) in [7, 11) is 0. The highest BCUT2D eigenvalue weighted by atomic mass is 79.9. The molecule has 0 bridgehead atoms. The molecule has 0 aromatic carbocycles. The number of nitrogens with zero attached hydrogens (tertiary/aromatic N) is 1. The molecule has 0 spiro atoms. The minimum absolute atomic E-state index is 0.181. The maximum absolute atomic E-state index is 12.2. The number of piperidine rings is 1. The fourth-order valence-corrected chi connectivity index (χ4v) is 3.15. The quantitative estimate of drug-likeness (QED) is 0.912. The molecule has 0 radical (unpaired) electrons. The molecule has 0 saturated carbocycles. The van der Waals surface area contributed by atoms with E-state index in [2.05, 4.69) is 15.9 Å². The van der Waals surface area contributed by atoms with Crippen LogP contribution in [0.15, 0.2) is 15.2 Å². The second-order valence-electron chi connectivity index (χ2n) is 3.99. The van der Waals surface area contributed by atoms with Crippen LogP contribution in [0.4, 0.5) is 0 Å². The predicted octanol–water partition coefficient (Wildman–Crippen LogP) is 2.59. The molecule has 17 heavy (non-hydrogen) atoms. The fourth-order valence-electron chi connectivity index (χ4n) is 2.02. The van der Waals surface area contributed by atoms with Crippen LogP contribution in [0.2, 0.25) is 0 Å². The van der Waals surface area contributed by atoms with E-state index in [0.29, 0.717) is 18.5 Å². The van der Waals surface area contributed by atoms with E-state index in [1.807, 2.05) is 0 Å². The summed E-state index contributed by atoms with van der Waals surface area (Å²) in [6, 6.07) is 1.07. The van der Waals surface area contributed by atoms with E-state index in [4.69, 9.17) is 5.11 Å². The molecule has 1 aromatic rings. The van der Waals surface area contributed by atoms with Gasteiger partial charge in [0.15, 0.2) is 0 Å². The number of carboxylic acid groups (broad SMARTS) is 1. The van der Waals surface area contributed by atoms with Crippen molar-refractivity contribution in [2.75, 3.05) is 6.54 Å². The lowest BCUT2D eigenvalue weighted by Crippen LogP contribution is -2.47. The smallest absolute Gasteiger partial charge is 0.326 e. The summed E-state index contributed by atoms with van der Waals surface area (Å²) in [6.45, 7) is 0.531. The molecule has 1 saturated heterocycles. The summed E-state index contributed by atoms with van der Waals surface area (Å²) in [5, 5.41) is 10.9. The first-order valence-electron chi connectivity index (χ1n) is 5.37. The van der Waals surface area contributed by atoms with E-state index in [1.165, 1.54) is 16.2 Å². The molecular formula is C11H12BrNO3S. The molecule has 1 atom stereocenters. The predicted molar refractivity (Wildman–Crippen MR) is 68.3 cm³/mol. The highest BCUT2D eigenvalue weighted by Gasteiger charge is 2.32. The molecule has 92 valence electrons. The zero-order valence-electron chi connectivity index (χ0n) is 9.06. The number of carboxylic acids is 1. The van der Waals surface area contributed by atoms with Gasteiger partial charge in [-0.05, 0) is 41.3 Å². The van der Waals surface area contributed by atoms with E-state index >= 15 is 0 Å². The van der Waals surface area contributed by atoms with Crippen LogP contribution in [-0.2, 0) is 4.79 Å². The number of hydrogen-bond donors (Lipinski definition) is 1. The Bertz CT molecular complexity index is 446. The number of carbonyl (C=O) groups is 2. The molecule has 2 heterocycles. The number of thiophene rings is 1. The third-order valence-corrected chi connectivity index (χ3v) is 4.37. The number of rotatable bonds is 2. The van der Waals surface area contributed by atoms with Crippen molar-refractivity contribution in [3.63, 3.8) is 0 Å². The van der Waals surface area contributed by atoms with Gasteiger partial charge < -0.3 is 10.0 Å². The lowest BCUT2D eigenvalue weighted by molar-refractivity contribution is -0.143. The zero-order valence-corrected chi connectivity index (χ0v) is 11.5. The number of carbonyl (C=O) groups excluding carboxylic acids is 1. The molecule has 2 rings (SSSR count). The molecule has 1 N–H and O–H groups in total. The molecule has 1 fully saturated rings. The maximum atomic E-state index is 12.2. The number of halogens is 1. The van der Waals surface area contributed by atoms with Crippen LogP contribution in [0.1, 0.15) is 29.6 Å². The Kier molecular flexibility index (Phi) is 3.83. The Balaban J connectivity index is 2.19. The molecule has 6 heteroatoms. The summed E-state index contributed by atoms with van der Waals surface area (Å²) < 4.78 is 0.879. The number of aliphatic carboxylic acids is 1. The van der Waals surface area contributed by atoms with Crippen molar-refractivity contribution in [2.45, 2.75) is 25.3 Å². The van der Waals surface area contributed by atoms with Gasteiger partial charge in [-0.2, -0.15) is 0 Å². The van der Waals surface area contributed by atoms with Crippen molar-refractivity contribution in [3.8, 4) is 0 Å². The normalized spacial score (nSPS) is 20.3. The largest absolute Gasteiger partial charge is 0.480 e. The van der Waals surface area contributed by atoms with Gasteiger partial charge in [-0.3, -0.25) is 4.79 Å². The summed E-state index contributed by atoms with van der Waals surface area (Å²) in [5.41, 5.74) is 0.565. The highest BCUT2D eigenvalue weighted by molar-refractivity contribution is 9.11. The van der Waals surface area contributed by atoms with E-state index in [-0.39, 0.29) is 5.91 Å².